The highest BCUT2D eigenvalue weighted by molar-refractivity contribution is 5.35. The Balaban J connectivity index is 1.72. The van der Waals surface area contributed by atoms with Gasteiger partial charge >= 0.3 is 0 Å². The summed E-state index contributed by atoms with van der Waals surface area (Å²) in [5.74, 6) is 1.74. The van der Waals surface area contributed by atoms with Crippen LogP contribution in [0, 0.1) is 28.5 Å². The predicted octanol–water partition coefficient (Wildman–Crippen LogP) is 4.68. The number of hydrogen-bond acceptors (Lipinski definition) is 1. The van der Waals surface area contributed by atoms with Crippen LogP contribution in [-0.4, -0.2) is 11.2 Å². The summed E-state index contributed by atoms with van der Waals surface area (Å²) in [6.07, 6.45) is 5.33. The molecule has 3 unspecified atom stereocenters. The summed E-state index contributed by atoms with van der Waals surface area (Å²) in [5.41, 5.74) is 2.71. The standard InChI is InChI=1S/C20H27FO/c1-19(2)11-17-16-6-4-12-10-13(21)5-7-14(12)15(16)8-9-20(17,3)18(19)22/h5,7,10,15-18,22H,4,6,8-9,11H2,1-3H3/t15?,16?,17?,18-,20-/m0/s1. The number of aliphatic hydroxyl groups is 1. The highest BCUT2D eigenvalue weighted by Crippen LogP contribution is 2.65. The minimum Gasteiger partial charge on any atom is -0.392 e. The monoisotopic (exact) mass is 302 g/mol. The zero-order chi connectivity index (χ0) is 15.7. The normalized spacial score (nSPS) is 42.4. The molecule has 3 aliphatic rings. The molecule has 1 nitrogen and oxygen atoms in total. The molecule has 0 saturated heterocycles. The van der Waals surface area contributed by atoms with Crippen LogP contribution >= 0.6 is 0 Å². The molecule has 2 fully saturated rings. The molecule has 22 heavy (non-hydrogen) atoms. The Kier molecular flexibility index (Phi) is 3.05. The van der Waals surface area contributed by atoms with Crippen LogP contribution in [0.3, 0.4) is 0 Å². The van der Waals surface area contributed by atoms with Gasteiger partial charge in [-0.1, -0.05) is 26.8 Å². The average Bonchev–Trinajstić information content (AvgIpc) is 2.66. The van der Waals surface area contributed by atoms with Crippen LogP contribution in [0.4, 0.5) is 4.39 Å². The molecular weight excluding hydrogens is 275 g/mol. The number of aliphatic hydroxyl groups excluding tert-OH is 1. The van der Waals surface area contributed by atoms with Crippen LogP contribution in [0.5, 0.6) is 0 Å². The van der Waals surface area contributed by atoms with Gasteiger partial charge in [0.25, 0.3) is 0 Å². The number of benzene rings is 1. The van der Waals surface area contributed by atoms with Crippen molar-refractivity contribution in [2.24, 2.45) is 22.7 Å². The Morgan fingerprint density at radius 3 is 2.73 bits per heavy atom. The Bertz CT molecular complexity index is 608. The SMILES string of the molecule is CC1(C)CC2C3CCc4cc(F)ccc4C3CC[C@]2(C)[C@H]1O. The summed E-state index contributed by atoms with van der Waals surface area (Å²) in [4.78, 5) is 0. The molecule has 0 heterocycles. The molecular formula is C20H27FO. The van der Waals surface area contributed by atoms with Gasteiger partial charge in [-0.15, -0.1) is 0 Å². The second-order valence-corrected chi connectivity index (χ2v) is 8.90. The first kappa shape index (κ1) is 14.7. The Labute approximate surface area is 132 Å². The highest BCUT2D eigenvalue weighted by Gasteiger charge is 2.60. The first-order valence-electron chi connectivity index (χ1n) is 8.79. The average molecular weight is 302 g/mol. The van der Waals surface area contributed by atoms with Gasteiger partial charge in [-0.3, -0.25) is 0 Å². The van der Waals surface area contributed by atoms with Gasteiger partial charge in [0.2, 0.25) is 0 Å². The summed E-state index contributed by atoms with van der Waals surface area (Å²) in [5, 5.41) is 10.9. The van der Waals surface area contributed by atoms with E-state index in [1.807, 2.05) is 6.07 Å². The van der Waals surface area contributed by atoms with Crippen molar-refractivity contribution in [2.45, 2.75) is 64.9 Å². The molecule has 1 aromatic carbocycles. The predicted molar refractivity (Wildman–Crippen MR) is 86.2 cm³/mol. The third kappa shape index (κ3) is 1.86. The van der Waals surface area contributed by atoms with Crippen molar-refractivity contribution in [1.82, 2.24) is 0 Å². The van der Waals surface area contributed by atoms with Crippen molar-refractivity contribution >= 4 is 0 Å². The van der Waals surface area contributed by atoms with Crippen LogP contribution < -0.4 is 0 Å². The van der Waals surface area contributed by atoms with Gasteiger partial charge in [-0.05, 0) is 83.9 Å². The molecule has 1 N–H and O–H groups in total. The first-order valence-corrected chi connectivity index (χ1v) is 8.79. The molecule has 0 amide bonds. The number of hydrogen-bond donors (Lipinski definition) is 1. The maximum absolute atomic E-state index is 13.5. The molecule has 0 bridgehead atoms. The highest BCUT2D eigenvalue weighted by atomic mass is 19.1. The number of halogens is 1. The van der Waals surface area contributed by atoms with E-state index in [1.54, 1.807) is 12.1 Å². The van der Waals surface area contributed by atoms with Crippen molar-refractivity contribution in [1.29, 1.82) is 0 Å². The largest absolute Gasteiger partial charge is 0.392 e. The van der Waals surface area contributed by atoms with E-state index >= 15 is 0 Å². The quantitative estimate of drug-likeness (QED) is 0.738. The molecule has 4 rings (SSSR count). The van der Waals surface area contributed by atoms with E-state index in [2.05, 4.69) is 20.8 Å². The topological polar surface area (TPSA) is 20.2 Å². The molecule has 1 aromatic rings. The lowest BCUT2D eigenvalue weighted by atomic mass is 9.55. The number of fused-ring (bicyclic) bond motifs is 5. The molecule has 2 saturated carbocycles. The minimum atomic E-state index is -0.194. The van der Waals surface area contributed by atoms with E-state index in [1.165, 1.54) is 11.1 Å². The maximum Gasteiger partial charge on any atom is 0.123 e. The summed E-state index contributed by atoms with van der Waals surface area (Å²) in [6, 6.07) is 5.40. The summed E-state index contributed by atoms with van der Waals surface area (Å²) in [6.45, 7) is 6.76. The van der Waals surface area contributed by atoms with Crippen molar-refractivity contribution in [3.05, 3.63) is 35.1 Å². The smallest absolute Gasteiger partial charge is 0.123 e. The third-order valence-electron chi connectivity index (χ3n) is 7.24. The van der Waals surface area contributed by atoms with Gasteiger partial charge in [0.05, 0.1) is 6.10 Å². The van der Waals surface area contributed by atoms with E-state index < -0.39 is 0 Å². The van der Waals surface area contributed by atoms with Crippen LogP contribution in [-0.2, 0) is 6.42 Å². The van der Waals surface area contributed by atoms with E-state index in [-0.39, 0.29) is 22.8 Å². The van der Waals surface area contributed by atoms with Crippen LogP contribution in [0.25, 0.3) is 0 Å². The third-order valence-corrected chi connectivity index (χ3v) is 7.24. The second-order valence-electron chi connectivity index (χ2n) is 8.90. The zero-order valence-corrected chi connectivity index (χ0v) is 13.9. The van der Waals surface area contributed by atoms with Gasteiger partial charge < -0.3 is 5.11 Å². The van der Waals surface area contributed by atoms with Crippen LogP contribution in [0.1, 0.15) is 63.5 Å². The van der Waals surface area contributed by atoms with Gasteiger partial charge in [0, 0.05) is 0 Å². The molecule has 0 aliphatic heterocycles. The summed E-state index contributed by atoms with van der Waals surface area (Å²) < 4.78 is 13.5. The number of rotatable bonds is 0. The van der Waals surface area contributed by atoms with Crippen LogP contribution in [0.2, 0.25) is 0 Å². The molecule has 0 radical (unpaired) electrons. The molecule has 2 heteroatoms. The fourth-order valence-corrected chi connectivity index (χ4v) is 6.19. The Morgan fingerprint density at radius 1 is 1.18 bits per heavy atom. The van der Waals surface area contributed by atoms with E-state index in [0.717, 1.165) is 32.1 Å². The molecule has 120 valence electrons. The van der Waals surface area contributed by atoms with Gasteiger partial charge in [0.15, 0.2) is 0 Å². The lowest BCUT2D eigenvalue weighted by Crippen LogP contribution is -2.45. The lowest BCUT2D eigenvalue weighted by Gasteiger charge is -2.50. The molecule has 0 aromatic heterocycles. The molecule has 3 aliphatic carbocycles. The minimum absolute atomic E-state index is 0.0252. The first-order chi connectivity index (χ1) is 10.3. The van der Waals surface area contributed by atoms with Crippen molar-refractivity contribution in [3.63, 3.8) is 0 Å². The Morgan fingerprint density at radius 2 is 1.95 bits per heavy atom. The van der Waals surface area contributed by atoms with E-state index in [0.29, 0.717) is 17.8 Å². The fraction of sp³-hybridized carbons (Fsp3) is 0.700. The van der Waals surface area contributed by atoms with E-state index in [4.69, 9.17) is 0 Å². The van der Waals surface area contributed by atoms with Gasteiger partial charge in [-0.25, -0.2) is 4.39 Å². The maximum atomic E-state index is 13.5. The van der Waals surface area contributed by atoms with Crippen LogP contribution in [0.15, 0.2) is 18.2 Å². The van der Waals surface area contributed by atoms with Gasteiger partial charge in [-0.2, -0.15) is 0 Å². The van der Waals surface area contributed by atoms with Crippen molar-refractivity contribution in [3.8, 4) is 0 Å². The van der Waals surface area contributed by atoms with Crippen molar-refractivity contribution < 1.29 is 9.50 Å². The molecule has 5 atom stereocenters. The number of aryl methyl sites for hydroxylation is 1. The zero-order valence-electron chi connectivity index (χ0n) is 13.9. The Hall–Kier alpha value is -0.890. The van der Waals surface area contributed by atoms with Gasteiger partial charge in [0.1, 0.15) is 5.82 Å². The van der Waals surface area contributed by atoms with Crippen molar-refractivity contribution in [2.75, 3.05) is 0 Å². The summed E-state index contributed by atoms with van der Waals surface area (Å²) in [7, 11) is 0. The lowest BCUT2D eigenvalue weighted by molar-refractivity contribution is -0.0465. The second kappa shape index (κ2) is 4.56. The van der Waals surface area contributed by atoms with E-state index in [9.17, 15) is 9.50 Å². The molecule has 0 spiro atoms. The fourth-order valence-electron chi connectivity index (χ4n) is 6.19. The summed E-state index contributed by atoms with van der Waals surface area (Å²) >= 11 is 0.